The second-order valence-electron chi connectivity index (χ2n) is 16.5. The molecule has 0 aliphatic carbocycles. The number of fused-ring (bicyclic) bond motifs is 4. The van der Waals surface area contributed by atoms with E-state index in [4.69, 9.17) is 30.8 Å². The number of imide groups is 1. The van der Waals surface area contributed by atoms with Crippen LogP contribution in [0, 0.1) is 23.5 Å². The summed E-state index contributed by atoms with van der Waals surface area (Å²) >= 11 is 6.37. The molecule has 4 aromatic carbocycles. The number of nitrogens with one attached hydrogen (secondary N) is 3. The Balaban J connectivity index is 0.685. The largest absolute Gasteiger partial charge is 0.378 e. The Labute approximate surface area is 414 Å². The number of nitrogens with zero attached hydrogens (tertiary/aromatic N) is 7. The fraction of sp³-hybridized carbons (Fsp3) is 0.308. The van der Waals surface area contributed by atoms with Crippen molar-refractivity contribution in [2.45, 2.75) is 51.9 Å². The maximum absolute atomic E-state index is 14.9. The van der Waals surface area contributed by atoms with Gasteiger partial charge in [-0.2, -0.15) is 0 Å². The second kappa shape index (κ2) is 24.5. The molecule has 8 rings (SSSR count). The van der Waals surface area contributed by atoms with Crippen molar-refractivity contribution in [3.8, 4) is 34.4 Å². The van der Waals surface area contributed by atoms with Gasteiger partial charge in [0.1, 0.15) is 23.4 Å². The van der Waals surface area contributed by atoms with Crippen LogP contribution in [0.2, 0.25) is 5.02 Å². The highest BCUT2D eigenvalue weighted by molar-refractivity contribution is 6.31. The molecule has 0 spiro atoms. The van der Waals surface area contributed by atoms with Crippen molar-refractivity contribution in [3.05, 3.63) is 141 Å². The molecule has 3 N–H and O–H groups in total. The molecule has 16 nitrogen and oxygen atoms in total. The van der Waals surface area contributed by atoms with Crippen LogP contribution in [0.4, 0.5) is 20.4 Å². The number of amides is 3. The average molecular weight is 985 g/mol. The van der Waals surface area contributed by atoms with Crippen LogP contribution in [0.15, 0.2) is 96.2 Å². The molecule has 3 amide bonds. The van der Waals surface area contributed by atoms with Crippen LogP contribution < -0.4 is 16.0 Å². The van der Waals surface area contributed by atoms with Crippen LogP contribution in [-0.4, -0.2) is 113 Å². The van der Waals surface area contributed by atoms with E-state index in [1.54, 1.807) is 35.1 Å². The minimum Gasteiger partial charge on any atom is -0.378 e. The quantitative estimate of drug-likeness (QED) is 0.0343. The summed E-state index contributed by atoms with van der Waals surface area (Å²) in [6.07, 6.45) is 5.65. The third-order valence-electron chi connectivity index (χ3n) is 11.6. The topological polar surface area (TPSA) is 187 Å². The van der Waals surface area contributed by atoms with Gasteiger partial charge in [0.25, 0.3) is 5.91 Å². The molecule has 71 heavy (non-hydrogen) atoms. The number of aromatic nitrogens is 5. The third kappa shape index (κ3) is 12.7. The Morgan fingerprint density at radius 3 is 2.44 bits per heavy atom. The lowest BCUT2D eigenvalue weighted by Gasteiger charge is -2.25. The number of ether oxygens (including phenoxy) is 3. The predicted molar refractivity (Wildman–Crippen MR) is 263 cm³/mol. The molecule has 4 heterocycles. The van der Waals surface area contributed by atoms with Gasteiger partial charge in [0.05, 0.1) is 75.9 Å². The molecule has 1 atom stereocenters. The zero-order chi connectivity index (χ0) is 49.5. The van der Waals surface area contributed by atoms with Crippen LogP contribution in [-0.2, 0) is 43.4 Å². The van der Waals surface area contributed by atoms with Gasteiger partial charge >= 0.3 is 0 Å². The number of carbonyl (C=O) groups excluding carboxylic acids is 3. The molecular formula is C52H51ClF2N10O6. The van der Waals surface area contributed by atoms with E-state index in [1.807, 2.05) is 49.5 Å². The van der Waals surface area contributed by atoms with Crippen LogP contribution in [0.5, 0.6) is 0 Å². The fourth-order valence-electron chi connectivity index (χ4n) is 8.13. The SMILES string of the molecule is CCCC(C(=O)NC=O)N1Cc2cc(C#CCCNCCOCCOCCOCCn3cc(-c4ccc(Nc5ncc6c(n5)-c5ccc(Cl)cc5C(c5c(F)cccc5F)=NC6)cc4)nn3)ccc2C1=O. The minimum absolute atomic E-state index is 0.115. The Kier molecular flexibility index (Phi) is 17.3. The summed E-state index contributed by atoms with van der Waals surface area (Å²) in [5.41, 5.74) is 6.76. The Hall–Kier alpha value is -7.27. The summed E-state index contributed by atoms with van der Waals surface area (Å²) in [6, 6.07) is 21.2. The highest BCUT2D eigenvalue weighted by Gasteiger charge is 2.36. The van der Waals surface area contributed by atoms with Crippen molar-refractivity contribution in [3.63, 3.8) is 0 Å². The summed E-state index contributed by atoms with van der Waals surface area (Å²) in [5, 5.41) is 17.7. The number of rotatable bonds is 23. The first-order chi connectivity index (χ1) is 34.7. The molecular weight excluding hydrogens is 934 g/mol. The molecule has 2 aromatic heterocycles. The van der Waals surface area contributed by atoms with E-state index < -0.39 is 23.6 Å². The highest BCUT2D eigenvalue weighted by Crippen LogP contribution is 2.35. The lowest BCUT2D eigenvalue weighted by molar-refractivity contribution is -0.129. The zero-order valence-corrected chi connectivity index (χ0v) is 39.7. The van der Waals surface area contributed by atoms with Gasteiger partial charge in [-0.05, 0) is 66.6 Å². The van der Waals surface area contributed by atoms with Gasteiger partial charge in [0, 0.05) is 76.3 Å². The molecule has 2 aliphatic heterocycles. The molecule has 0 saturated carbocycles. The van der Waals surface area contributed by atoms with Gasteiger partial charge in [-0.15, -0.1) is 5.10 Å². The number of anilines is 2. The standard InChI is InChI=1S/C52H51ClF2N10O6/c1-2-6-46(50(67)59-33-66)65-31-36-27-34(10-16-40(36)51(65)68)7-3-4-18-56-19-21-69-23-25-71-26-24-70-22-20-64-32-45(62-63-64)35-11-14-39(15-12-35)60-52-58-30-37-29-57-49(47-43(54)8-5-9-44(47)55)42-28-38(53)13-17-41(42)48(37)61-52/h5,8-17,27-28,30,32-33,46,56H,2,4,6,18-26,29,31H2,1H3,(H,58,60,61)(H,59,66,67). The number of hydrogen-bond donors (Lipinski definition) is 3. The average Bonchev–Trinajstić information content (AvgIpc) is 3.94. The van der Waals surface area contributed by atoms with Gasteiger partial charge in [0.15, 0.2) is 0 Å². The number of halogens is 3. The first-order valence-electron chi connectivity index (χ1n) is 23.2. The summed E-state index contributed by atoms with van der Waals surface area (Å²) in [4.78, 5) is 51.6. The van der Waals surface area contributed by atoms with Crippen LogP contribution >= 0.6 is 11.6 Å². The molecule has 0 bridgehead atoms. The van der Waals surface area contributed by atoms with Crippen molar-refractivity contribution in [1.29, 1.82) is 0 Å². The first kappa shape index (κ1) is 50.1. The first-order valence-corrected chi connectivity index (χ1v) is 23.6. The lowest BCUT2D eigenvalue weighted by atomic mass is 9.95. The normalized spacial score (nSPS) is 13.0. The van der Waals surface area contributed by atoms with Gasteiger partial charge in [-0.3, -0.25) is 24.7 Å². The fourth-order valence-corrected chi connectivity index (χ4v) is 8.30. The molecule has 6 aromatic rings. The monoisotopic (exact) mass is 984 g/mol. The van der Waals surface area contributed by atoms with E-state index >= 15 is 0 Å². The van der Waals surface area contributed by atoms with Gasteiger partial charge in [-0.25, -0.2) is 23.4 Å². The Morgan fingerprint density at radius 2 is 1.66 bits per heavy atom. The van der Waals surface area contributed by atoms with Gasteiger partial charge in [-0.1, -0.05) is 66.3 Å². The van der Waals surface area contributed by atoms with Gasteiger partial charge in [0.2, 0.25) is 18.3 Å². The molecule has 0 fully saturated rings. The van der Waals surface area contributed by atoms with E-state index in [0.717, 1.165) is 22.4 Å². The van der Waals surface area contributed by atoms with Gasteiger partial charge < -0.3 is 29.7 Å². The van der Waals surface area contributed by atoms with Crippen molar-refractivity contribution in [1.82, 2.24) is 40.5 Å². The lowest BCUT2D eigenvalue weighted by Crippen LogP contribution is -2.46. The molecule has 366 valence electrons. The van der Waals surface area contributed by atoms with Crippen LogP contribution in [0.3, 0.4) is 0 Å². The summed E-state index contributed by atoms with van der Waals surface area (Å²) in [6.45, 7) is 6.99. The van der Waals surface area contributed by atoms with Crippen molar-refractivity contribution < 1.29 is 37.4 Å². The van der Waals surface area contributed by atoms with E-state index in [-0.39, 0.29) is 23.7 Å². The Bertz CT molecular complexity index is 2940. The van der Waals surface area contributed by atoms with Crippen molar-refractivity contribution >= 4 is 47.2 Å². The Morgan fingerprint density at radius 1 is 0.901 bits per heavy atom. The third-order valence-corrected chi connectivity index (χ3v) is 11.8. The highest BCUT2D eigenvalue weighted by atomic mass is 35.5. The minimum atomic E-state index is -0.722. The van der Waals surface area contributed by atoms with Crippen LogP contribution in [0.25, 0.3) is 22.5 Å². The smallest absolute Gasteiger partial charge is 0.255 e. The van der Waals surface area contributed by atoms with Crippen LogP contribution in [0.1, 0.15) is 64.4 Å². The zero-order valence-electron chi connectivity index (χ0n) is 38.9. The predicted octanol–water partition coefficient (Wildman–Crippen LogP) is 6.91. The van der Waals surface area contributed by atoms with Crippen molar-refractivity contribution in [2.24, 2.45) is 4.99 Å². The maximum atomic E-state index is 14.9. The number of carbonyl (C=O) groups is 3. The van der Waals surface area contributed by atoms with E-state index in [9.17, 15) is 23.2 Å². The van der Waals surface area contributed by atoms with E-state index in [0.29, 0.717) is 136 Å². The number of benzene rings is 4. The number of hydrogen-bond acceptors (Lipinski definition) is 13. The summed E-state index contributed by atoms with van der Waals surface area (Å²) in [5.74, 6) is 4.51. The van der Waals surface area contributed by atoms with E-state index in [2.05, 4.69) is 48.1 Å². The molecule has 2 aliphatic rings. The summed E-state index contributed by atoms with van der Waals surface area (Å²) in [7, 11) is 0. The second-order valence-corrected chi connectivity index (χ2v) is 16.9. The molecule has 19 heteroatoms. The van der Waals surface area contributed by atoms with E-state index in [1.165, 1.54) is 23.1 Å². The molecule has 1 unspecified atom stereocenters. The molecule has 0 radical (unpaired) electrons. The number of aliphatic imine (C=N–C) groups is 1. The summed E-state index contributed by atoms with van der Waals surface area (Å²) < 4.78 is 48.6. The maximum Gasteiger partial charge on any atom is 0.255 e. The molecule has 0 saturated heterocycles. The van der Waals surface area contributed by atoms with Crippen molar-refractivity contribution in [2.75, 3.05) is 58.0 Å².